The van der Waals surface area contributed by atoms with Gasteiger partial charge in [0.1, 0.15) is 5.78 Å². The Kier molecular flexibility index (Phi) is 8.31. The highest BCUT2D eigenvalue weighted by Crippen LogP contribution is 2.38. The summed E-state index contributed by atoms with van der Waals surface area (Å²) >= 11 is 0. The standard InChI is InChI=1S/C22H24F6O3/c23-21(24,25)16-11-14(12-17(13-16)22(26,27)28)7-8-15-9-10-19(29)18(15)5-3-1-2-4-6-20(30)31/h7-8,11-13,15,18H,1-6,9-10H2,(H,30,31)/b8-7+/t15-,18+/m1/s1. The van der Waals surface area contributed by atoms with Gasteiger partial charge in [0.05, 0.1) is 11.1 Å². The topological polar surface area (TPSA) is 54.4 Å². The van der Waals surface area contributed by atoms with Crippen molar-refractivity contribution in [3.63, 3.8) is 0 Å². The third kappa shape index (κ3) is 7.70. The van der Waals surface area contributed by atoms with E-state index >= 15 is 0 Å². The number of hydrogen-bond acceptors (Lipinski definition) is 2. The van der Waals surface area contributed by atoms with E-state index in [2.05, 4.69) is 0 Å². The number of halogens is 6. The molecule has 172 valence electrons. The maximum atomic E-state index is 13.0. The lowest BCUT2D eigenvalue weighted by molar-refractivity contribution is -0.143. The van der Waals surface area contributed by atoms with Crippen LogP contribution in [-0.2, 0) is 21.9 Å². The first-order valence-electron chi connectivity index (χ1n) is 10.1. The number of carbonyl (C=O) groups is 2. The molecule has 9 heteroatoms. The van der Waals surface area contributed by atoms with Gasteiger partial charge >= 0.3 is 18.3 Å². The highest BCUT2D eigenvalue weighted by Gasteiger charge is 2.37. The number of rotatable bonds is 9. The highest BCUT2D eigenvalue weighted by molar-refractivity contribution is 5.84. The fourth-order valence-electron chi connectivity index (χ4n) is 3.84. The van der Waals surface area contributed by atoms with Crippen molar-refractivity contribution < 1.29 is 41.0 Å². The predicted octanol–water partition coefficient (Wildman–Crippen LogP) is 6.76. The van der Waals surface area contributed by atoms with Crippen LogP contribution in [0, 0.1) is 11.8 Å². The molecule has 1 aliphatic carbocycles. The summed E-state index contributed by atoms with van der Waals surface area (Å²) in [4.78, 5) is 22.7. The summed E-state index contributed by atoms with van der Waals surface area (Å²) in [5, 5.41) is 8.61. The Balaban J connectivity index is 2.07. The molecule has 1 aromatic carbocycles. The molecule has 0 spiro atoms. The summed E-state index contributed by atoms with van der Waals surface area (Å²) in [6.07, 6.45) is -2.82. The monoisotopic (exact) mass is 450 g/mol. The summed E-state index contributed by atoms with van der Waals surface area (Å²) in [5.74, 6) is -1.38. The molecule has 0 saturated heterocycles. The molecule has 0 amide bonds. The first-order chi connectivity index (χ1) is 14.4. The minimum atomic E-state index is -4.91. The average Bonchev–Trinajstić information content (AvgIpc) is 3.00. The second-order valence-electron chi connectivity index (χ2n) is 7.82. The molecule has 1 N–H and O–H groups in total. The van der Waals surface area contributed by atoms with Crippen LogP contribution in [0.4, 0.5) is 26.3 Å². The van der Waals surface area contributed by atoms with E-state index in [0.29, 0.717) is 44.2 Å². The number of alkyl halides is 6. The van der Waals surface area contributed by atoms with Crippen molar-refractivity contribution >= 4 is 17.8 Å². The van der Waals surface area contributed by atoms with Crippen LogP contribution < -0.4 is 0 Å². The quantitative estimate of drug-likeness (QED) is 0.334. The van der Waals surface area contributed by atoms with E-state index < -0.39 is 29.4 Å². The fourth-order valence-corrected chi connectivity index (χ4v) is 3.84. The van der Waals surface area contributed by atoms with Crippen molar-refractivity contribution in [2.24, 2.45) is 11.8 Å². The summed E-state index contributed by atoms with van der Waals surface area (Å²) < 4.78 is 78.0. The number of carboxylic acid groups (broad SMARTS) is 1. The van der Waals surface area contributed by atoms with Crippen molar-refractivity contribution in [1.82, 2.24) is 0 Å². The van der Waals surface area contributed by atoms with E-state index in [1.807, 2.05) is 0 Å². The highest BCUT2D eigenvalue weighted by atomic mass is 19.4. The Morgan fingerprint density at radius 3 is 2.10 bits per heavy atom. The first-order valence-corrected chi connectivity index (χ1v) is 10.1. The van der Waals surface area contributed by atoms with Crippen LogP contribution in [0.1, 0.15) is 68.1 Å². The molecule has 0 aliphatic heterocycles. The SMILES string of the molecule is O=C(O)CCCCCC[C@@H]1C(=O)CC[C@H]1/C=C/c1cc(C(F)(F)F)cc(C(F)(F)F)c1. The average molecular weight is 450 g/mol. The fraction of sp³-hybridized carbons (Fsp3) is 0.545. The Bertz CT molecular complexity index is 778. The summed E-state index contributed by atoms with van der Waals surface area (Å²) in [6, 6.07) is 1.42. The van der Waals surface area contributed by atoms with Crippen LogP contribution in [0.2, 0.25) is 0 Å². The van der Waals surface area contributed by atoms with Gasteiger partial charge in [0.15, 0.2) is 0 Å². The van der Waals surface area contributed by atoms with Crippen LogP contribution in [0.5, 0.6) is 0 Å². The lowest BCUT2D eigenvalue weighted by Gasteiger charge is -2.16. The van der Waals surface area contributed by atoms with E-state index in [4.69, 9.17) is 5.11 Å². The Hall–Kier alpha value is -2.32. The molecule has 0 radical (unpaired) electrons. The van der Waals surface area contributed by atoms with E-state index in [1.165, 1.54) is 12.2 Å². The van der Waals surface area contributed by atoms with Crippen molar-refractivity contribution in [1.29, 1.82) is 0 Å². The molecule has 0 bridgehead atoms. The van der Waals surface area contributed by atoms with Crippen molar-refractivity contribution in [3.8, 4) is 0 Å². The number of aliphatic carboxylic acids is 1. The number of hydrogen-bond donors (Lipinski definition) is 1. The third-order valence-corrected chi connectivity index (χ3v) is 5.46. The number of ketones is 1. The molecule has 2 rings (SSSR count). The number of allylic oxidation sites excluding steroid dienone is 1. The van der Waals surface area contributed by atoms with Crippen molar-refractivity contribution in [2.75, 3.05) is 0 Å². The molecule has 1 aliphatic rings. The molecule has 1 fully saturated rings. The molecular weight excluding hydrogens is 426 g/mol. The van der Waals surface area contributed by atoms with E-state index in [0.717, 1.165) is 12.8 Å². The minimum absolute atomic E-state index is 0.0419. The van der Waals surface area contributed by atoms with Gasteiger partial charge in [0.2, 0.25) is 0 Å². The van der Waals surface area contributed by atoms with Crippen LogP contribution in [0.25, 0.3) is 6.08 Å². The molecule has 0 aromatic heterocycles. The van der Waals surface area contributed by atoms with Crippen molar-refractivity contribution in [2.45, 2.75) is 63.7 Å². The third-order valence-electron chi connectivity index (χ3n) is 5.46. The maximum absolute atomic E-state index is 13.0. The molecule has 0 heterocycles. The van der Waals surface area contributed by atoms with E-state index in [-0.39, 0.29) is 35.7 Å². The second kappa shape index (κ2) is 10.3. The Morgan fingerprint density at radius 1 is 0.968 bits per heavy atom. The lowest BCUT2D eigenvalue weighted by atomic mass is 9.89. The van der Waals surface area contributed by atoms with Crippen LogP contribution in [0.3, 0.4) is 0 Å². The first kappa shape index (κ1) is 24.9. The second-order valence-corrected chi connectivity index (χ2v) is 7.82. The maximum Gasteiger partial charge on any atom is 0.416 e. The normalized spacial score (nSPS) is 20.0. The van der Waals surface area contributed by atoms with Gasteiger partial charge in [-0.25, -0.2) is 0 Å². The van der Waals surface area contributed by atoms with Gasteiger partial charge in [-0.2, -0.15) is 26.3 Å². The minimum Gasteiger partial charge on any atom is -0.481 e. The number of unbranched alkanes of at least 4 members (excludes halogenated alkanes) is 3. The molecule has 31 heavy (non-hydrogen) atoms. The molecule has 0 unspecified atom stereocenters. The Morgan fingerprint density at radius 2 is 1.55 bits per heavy atom. The van der Waals surface area contributed by atoms with Gasteiger partial charge in [-0.3, -0.25) is 9.59 Å². The van der Waals surface area contributed by atoms with Crippen LogP contribution >= 0.6 is 0 Å². The number of carbonyl (C=O) groups excluding carboxylic acids is 1. The van der Waals surface area contributed by atoms with Crippen LogP contribution in [-0.4, -0.2) is 16.9 Å². The van der Waals surface area contributed by atoms with Crippen LogP contribution in [0.15, 0.2) is 24.3 Å². The van der Waals surface area contributed by atoms with Gasteiger partial charge in [0, 0.05) is 18.8 Å². The Labute approximate surface area is 176 Å². The van der Waals surface area contributed by atoms with Gasteiger partial charge in [-0.1, -0.05) is 31.4 Å². The zero-order valence-electron chi connectivity index (χ0n) is 16.7. The lowest BCUT2D eigenvalue weighted by Crippen LogP contribution is -2.13. The van der Waals surface area contributed by atoms with Gasteiger partial charge in [-0.15, -0.1) is 0 Å². The smallest absolute Gasteiger partial charge is 0.416 e. The zero-order chi connectivity index (χ0) is 23.2. The summed E-state index contributed by atoms with van der Waals surface area (Å²) in [5.41, 5.74) is -2.96. The predicted molar refractivity (Wildman–Crippen MR) is 102 cm³/mol. The molecule has 1 aromatic rings. The van der Waals surface area contributed by atoms with Crippen molar-refractivity contribution in [3.05, 3.63) is 41.0 Å². The molecule has 1 saturated carbocycles. The summed E-state index contributed by atoms with van der Waals surface area (Å²) in [7, 11) is 0. The number of Topliss-reactive ketones (excluding diaryl/α,β-unsaturated/α-hetero) is 1. The molecule has 2 atom stereocenters. The van der Waals surface area contributed by atoms with Gasteiger partial charge in [-0.05, 0) is 48.9 Å². The van der Waals surface area contributed by atoms with E-state index in [9.17, 15) is 35.9 Å². The number of carboxylic acids is 1. The molecule has 3 nitrogen and oxygen atoms in total. The largest absolute Gasteiger partial charge is 0.481 e. The van der Waals surface area contributed by atoms with Gasteiger partial charge in [0.25, 0.3) is 0 Å². The van der Waals surface area contributed by atoms with Gasteiger partial charge < -0.3 is 5.11 Å². The molecular formula is C22H24F6O3. The number of benzene rings is 1. The summed E-state index contributed by atoms with van der Waals surface area (Å²) in [6.45, 7) is 0. The zero-order valence-corrected chi connectivity index (χ0v) is 16.7. The van der Waals surface area contributed by atoms with E-state index in [1.54, 1.807) is 0 Å².